The number of carbonyl (C=O) groups is 1. The Bertz CT molecular complexity index is 284. The molecule has 0 aromatic heterocycles. The molecule has 3 heteroatoms. The molecule has 2 N–H and O–H groups in total. The molecular formula is C13H22N2O. The van der Waals surface area contributed by atoms with E-state index in [0.29, 0.717) is 12.1 Å². The minimum Gasteiger partial charge on any atom is -0.350 e. The fraction of sp³-hybridized carbons (Fsp3) is 0.923. The maximum Gasteiger partial charge on any atom is 0.240 e. The molecular weight excluding hydrogens is 200 g/mol. The molecule has 2 atom stereocenters. The summed E-state index contributed by atoms with van der Waals surface area (Å²) in [6.45, 7) is 0. The molecule has 0 aromatic carbocycles. The minimum atomic E-state index is -0.198. The molecule has 1 heterocycles. The van der Waals surface area contributed by atoms with E-state index in [0.717, 1.165) is 12.8 Å². The van der Waals surface area contributed by atoms with Gasteiger partial charge < -0.3 is 5.32 Å². The first-order valence-electron chi connectivity index (χ1n) is 6.89. The average Bonchev–Trinajstić information content (AvgIpc) is 2.32. The van der Waals surface area contributed by atoms with Gasteiger partial charge in [0.15, 0.2) is 0 Å². The predicted octanol–water partition coefficient (Wildman–Crippen LogP) is 1.72. The molecule has 0 bridgehead atoms. The Labute approximate surface area is 97.4 Å². The van der Waals surface area contributed by atoms with E-state index in [4.69, 9.17) is 0 Å². The molecule has 16 heavy (non-hydrogen) atoms. The zero-order chi connectivity index (χ0) is 11.0. The van der Waals surface area contributed by atoms with Gasteiger partial charge in [0, 0.05) is 12.1 Å². The summed E-state index contributed by atoms with van der Waals surface area (Å²) < 4.78 is 0. The van der Waals surface area contributed by atoms with Gasteiger partial charge in [0.1, 0.15) is 0 Å². The van der Waals surface area contributed by atoms with E-state index in [1.165, 1.54) is 44.9 Å². The van der Waals surface area contributed by atoms with Gasteiger partial charge in [-0.15, -0.1) is 0 Å². The van der Waals surface area contributed by atoms with Crippen LogP contribution in [0.2, 0.25) is 0 Å². The van der Waals surface area contributed by atoms with Crippen LogP contribution in [0.15, 0.2) is 0 Å². The SMILES string of the molecule is O=C1N[C@H]2CCCCC2NC12CCCCC2. The lowest BCUT2D eigenvalue weighted by Crippen LogP contribution is -2.71. The highest BCUT2D eigenvalue weighted by atomic mass is 16.2. The topological polar surface area (TPSA) is 41.1 Å². The van der Waals surface area contributed by atoms with Crippen molar-refractivity contribution in [2.24, 2.45) is 0 Å². The Kier molecular flexibility index (Phi) is 2.66. The minimum absolute atomic E-state index is 0.198. The maximum absolute atomic E-state index is 12.3. The number of rotatable bonds is 0. The number of hydrogen-bond donors (Lipinski definition) is 2. The molecule has 3 fully saturated rings. The van der Waals surface area contributed by atoms with E-state index >= 15 is 0 Å². The lowest BCUT2D eigenvalue weighted by Gasteiger charge is -2.48. The Hall–Kier alpha value is -0.570. The number of hydrogen-bond acceptors (Lipinski definition) is 2. The zero-order valence-electron chi connectivity index (χ0n) is 9.93. The second kappa shape index (κ2) is 4.02. The molecule has 2 saturated carbocycles. The van der Waals surface area contributed by atoms with E-state index in [2.05, 4.69) is 10.6 Å². The van der Waals surface area contributed by atoms with Crippen LogP contribution in [0.25, 0.3) is 0 Å². The smallest absolute Gasteiger partial charge is 0.240 e. The molecule has 1 saturated heterocycles. The molecule has 3 rings (SSSR count). The summed E-state index contributed by atoms with van der Waals surface area (Å²) in [7, 11) is 0. The third-order valence-electron chi connectivity index (χ3n) is 4.69. The van der Waals surface area contributed by atoms with Crippen LogP contribution in [0, 0.1) is 0 Å². The number of piperazine rings is 1. The first-order chi connectivity index (χ1) is 7.80. The van der Waals surface area contributed by atoms with Crippen LogP contribution in [-0.2, 0) is 4.79 Å². The molecule has 1 aliphatic heterocycles. The lowest BCUT2D eigenvalue weighted by molar-refractivity contribution is -0.134. The summed E-state index contributed by atoms with van der Waals surface area (Å²) in [4.78, 5) is 12.3. The molecule has 0 radical (unpaired) electrons. The molecule has 1 unspecified atom stereocenters. The van der Waals surface area contributed by atoms with Crippen molar-refractivity contribution in [3.05, 3.63) is 0 Å². The summed E-state index contributed by atoms with van der Waals surface area (Å²) in [5.74, 6) is 0.287. The molecule has 1 spiro atoms. The van der Waals surface area contributed by atoms with Crippen LogP contribution in [0.3, 0.4) is 0 Å². The Morgan fingerprint density at radius 2 is 1.62 bits per heavy atom. The largest absolute Gasteiger partial charge is 0.350 e. The van der Waals surface area contributed by atoms with Crippen LogP contribution >= 0.6 is 0 Å². The van der Waals surface area contributed by atoms with Crippen molar-refractivity contribution in [1.29, 1.82) is 0 Å². The van der Waals surface area contributed by atoms with Crippen molar-refractivity contribution in [3.8, 4) is 0 Å². The maximum atomic E-state index is 12.3. The van der Waals surface area contributed by atoms with Crippen molar-refractivity contribution in [1.82, 2.24) is 10.6 Å². The van der Waals surface area contributed by atoms with Crippen molar-refractivity contribution < 1.29 is 4.79 Å². The number of fused-ring (bicyclic) bond motifs is 1. The quantitative estimate of drug-likeness (QED) is 0.655. The van der Waals surface area contributed by atoms with Gasteiger partial charge in [0.05, 0.1) is 5.54 Å². The van der Waals surface area contributed by atoms with Crippen LogP contribution < -0.4 is 10.6 Å². The first kappa shape index (κ1) is 10.6. The number of amides is 1. The van der Waals surface area contributed by atoms with Gasteiger partial charge in [0.2, 0.25) is 5.91 Å². The van der Waals surface area contributed by atoms with Gasteiger partial charge in [0.25, 0.3) is 0 Å². The van der Waals surface area contributed by atoms with Crippen molar-refractivity contribution >= 4 is 5.91 Å². The van der Waals surface area contributed by atoms with Gasteiger partial charge in [-0.05, 0) is 25.7 Å². The standard InChI is InChI=1S/C13H22N2O/c16-12-13(8-4-1-5-9-13)15-11-7-3-2-6-10(11)14-12/h10-11,15H,1-9H2,(H,14,16)/t10-,11?/m0/s1. The second-order valence-corrected chi connectivity index (χ2v) is 5.76. The van der Waals surface area contributed by atoms with Crippen molar-refractivity contribution in [2.45, 2.75) is 75.4 Å². The third-order valence-corrected chi connectivity index (χ3v) is 4.69. The number of nitrogens with one attached hydrogen (secondary N) is 2. The van der Waals surface area contributed by atoms with Crippen molar-refractivity contribution in [3.63, 3.8) is 0 Å². The van der Waals surface area contributed by atoms with E-state index < -0.39 is 0 Å². The highest BCUT2D eigenvalue weighted by Crippen LogP contribution is 2.34. The van der Waals surface area contributed by atoms with Crippen LogP contribution in [0.4, 0.5) is 0 Å². The fourth-order valence-electron chi connectivity index (χ4n) is 3.73. The van der Waals surface area contributed by atoms with Crippen LogP contribution in [0.1, 0.15) is 57.8 Å². The van der Waals surface area contributed by atoms with Crippen LogP contribution in [-0.4, -0.2) is 23.5 Å². The molecule has 3 nitrogen and oxygen atoms in total. The Balaban J connectivity index is 1.77. The van der Waals surface area contributed by atoms with Gasteiger partial charge in [-0.1, -0.05) is 32.1 Å². The first-order valence-corrected chi connectivity index (χ1v) is 6.89. The van der Waals surface area contributed by atoms with E-state index in [-0.39, 0.29) is 11.4 Å². The normalized spacial score (nSPS) is 37.9. The van der Waals surface area contributed by atoms with Gasteiger partial charge in [-0.25, -0.2) is 0 Å². The van der Waals surface area contributed by atoms with E-state index in [1.807, 2.05) is 0 Å². The number of carbonyl (C=O) groups excluding carboxylic acids is 1. The van der Waals surface area contributed by atoms with E-state index in [9.17, 15) is 4.79 Å². The van der Waals surface area contributed by atoms with Crippen LogP contribution in [0.5, 0.6) is 0 Å². The van der Waals surface area contributed by atoms with Gasteiger partial charge >= 0.3 is 0 Å². The fourth-order valence-corrected chi connectivity index (χ4v) is 3.73. The third kappa shape index (κ3) is 1.65. The summed E-state index contributed by atoms with van der Waals surface area (Å²) in [6.07, 6.45) is 10.8. The van der Waals surface area contributed by atoms with E-state index in [1.54, 1.807) is 0 Å². The molecule has 0 aromatic rings. The second-order valence-electron chi connectivity index (χ2n) is 5.76. The Morgan fingerprint density at radius 1 is 0.938 bits per heavy atom. The molecule has 3 aliphatic rings. The van der Waals surface area contributed by atoms with Gasteiger partial charge in [-0.2, -0.15) is 0 Å². The van der Waals surface area contributed by atoms with Crippen molar-refractivity contribution in [2.75, 3.05) is 0 Å². The monoisotopic (exact) mass is 222 g/mol. The molecule has 2 aliphatic carbocycles. The average molecular weight is 222 g/mol. The lowest BCUT2D eigenvalue weighted by atomic mass is 9.76. The summed E-state index contributed by atoms with van der Waals surface area (Å²) >= 11 is 0. The molecule has 1 amide bonds. The highest BCUT2D eigenvalue weighted by molar-refractivity contribution is 5.87. The summed E-state index contributed by atoms with van der Waals surface area (Å²) in [6, 6.07) is 0.957. The molecule has 90 valence electrons. The summed E-state index contributed by atoms with van der Waals surface area (Å²) in [5.41, 5.74) is -0.198. The predicted molar refractivity (Wildman–Crippen MR) is 63.1 cm³/mol. The zero-order valence-corrected chi connectivity index (χ0v) is 9.93. The van der Waals surface area contributed by atoms with Gasteiger partial charge in [-0.3, -0.25) is 10.1 Å². The highest BCUT2D eigenvalue weighted by Gasteiger charge is 2.47. The summed E-state index contributed by atoms with van der Waals surface area (Å²) in [5, 5.41) is 6.99. The Morgan fingerprint density at radius 3 is 2.38 bits per heavy atom.